The van der Waals surface area contributed by atoms with Gasteiger partial charge in [-0.15, -0.1) is 0 Å². The fourth-order valence-electron chi connectivity index (χ4n) is 5.70. The molecule has 2 N–H and O–H groups in total. The normalized spacial score (nSPS) is 21.1. The lowest BCUT2D eigenvalue weighted by Crippen LogP contribution is -2.40. The molecule has 1 saturated carbocycles. The summed E-state index contributed by atoms with van der Waals surface area (Å²) in [5.74, 6) is -1.23. The number of benzene rings is 3. The van der Waals surface area contributed by atoms with E-state index in [2.05, 4.69) is 4.98 Å². The average molecular weight is 451 g/mol. The molecule has 5 heteroatoms. The number of ketones is 1. The summed E-state index contributed by atoms with van der Waals surface area (Å²) in [5, 5.41) is 14.5. The van der Waals surface area contributed by atoms with Crippen molar-refractivity contribution in [2.75, 3.05) is 0 Å². The van der Waals surface area contributed by atoms with Gasteiger partial charge in [0.15, 0.2) is 0 Å². The molecule has 1 unspecified atom stereocenters. The van der Waals surface area contributed by atoms with E-state index in [0.29, 0.717) is 5.56 Å². The van der Waals surface area contributed by atoms with Crippen molar-refractivity contribution in [3.63, 3.8) is 0 Å². The fraction of sp³-hybridized carbons (Fsp3) is 0.241. The van der Waals surface area contributed by atoms with Crippen molar-refractivity contribution in [2.45, 2.75) is 44.2 Å². The maximum Gasteiger partial charge on any atom is 0.295 e. The topological polar surface area (TPSA) is 73.4 Å². The van der Waals surface area contributed by atoms with Gasteiger partial charge in [-0.2, -0.15) is 0 Å². The molecule has 4 aromatic rings. The largest absolute Gasteiger partial charge is 0.507 e. The first-order valence-corrected chi connectivity index (χ1v) is 12.0. The second-order valence-corrected chi connectivity index (χ2v) is 9.35. The number of nitrogens with one attached hydrogen (secondary N) is 1. The molecule has 1 aliphatic carbocycles. The van der Waals surface area contributed by atoms with Crippen LogP contribution in [-0.2, 0) is 9.59 Å². The first-order valence-electron chi connectivity index (χ1n) is 12.0. The highest BCUT2D eigenvalue weighted by atomic mass is 16.3. The molecule has 0 radical (unpaired) electrons. The molecule has 1 atom stereocenters. The molecule has 1 aromatic heterocycles. The average Bonchev–Trinajstić information content (AvgIpc) is 3.42. The SMILES string of the molecule is O=C1C(=O)N(C2CCCCC2)C(c2c[nH]c3ccccc23)/C1=C(\O)c1ccc2ccccc2c1. The number of nitrogens with zero attached hydrogens (tertiary/aromatic N) is 1. The van der Waals surface area contributed by atoms with Gasteiger partial charge in [0, 0.05) is 34.3 Å². The second-order valence-electron chi connectivity index (χ2n) is 9.35. The summed E-state index contributed by atoms with van der Waals surface area (Å²) in [7, 11) is 0. The number of aliphatic hydroxyl groups is 1. The molecule has 2 heterocycles. The lowest BCUT2D eigenvalue weighted by molar-refractivity contribution is -0.141. The van der Waals surface area contributed by atoms with E-state index in [-0.39, 0.29) is 17.4 Å². The predicted molar refractivity (Wildman–Crippen MR) is 133 cm³/mol. The van der Waals surface area contributed by atoms with Gasteiger partial charge >= 0.3 is 0 Å². The van der Waals surface area contributed by atoms with Crippen LogP contribution in [0.4, 0.5) is 0 Å². The number of fused-ring (bicyclic) bond motifs is 2. The number of amides is 1. The number of aromatic nitrogens is 1. The standard InChI is InChI=1S/C29H26N2O3/c32-27(20-15-14-18-8-4-5-9-19(18)16-20)25-26(23-17-30-24-13-7-6-12-22(23)24)31(29(34)28(25)33)21-10-2-1-3-11-21/h4-9,12-17,21,26,30,32H,1-3,10-11H2/b27-25+. The maximum atomic E-state index is 13.5. The van der Waals surface area contributed by atoms with E-state index in [1.165, 1.54) is 0 Å². The summed E-state index contributed by atoms with van der Waals surface area (Å²) >= 11 is 0. The van der Waals surface area contributed by atoms with Gasteiger partial charge < -0.3 is 15.0 Å². The molecule has 34 heavy (non-hydrogen) atoms. The Morgan fingerprint density at radius 1 is 0.882 bits per heavy atom. The van der Waals surface area contributed by atoms with Crippen LogP contribution in [-0.4, -0.2) is 32.7 Å². The number of H-pyrrole nitrogens is 1. The Hall–Kier alpha value is -3.86. The van der Waals surface area contributed by atoms with Gasteiger partial charge in [-0.25, -0.2) is 0 Å². The number of hydrogen-bond donors (Lipinski definition) is 2. The zero-order valence-corrected chi connectivity index (χ0v) is 18.8. The minimum Gasteiger partial charge on any atom is -0.507 e. The van der Waals surface area contributed by atoms with Crippen molar-refractivity contribution >= 4 is 39.1 Å². The maximum absolute atomic E-state index is 13.5. The Bertz CT molecular complexity index is 1460. The van der Waals surface area contributed by atoms with Crippen LogP contribution in [0.5, 0.6) is 0 Å². The van der Waals surface area contributed by atoms with Crippen LogP contribution in [0.25, 0.3) is 27.4 Å². The first-order chi connectivity index (χ1) is 16.6. The highest BCUT2D eigenvalue weighted by molar-refractivity contribution is 6.46. The van der Waals surface area contributed by atoms with E-state index in [4.69, 9.17) is 0 Å². The summed E-state index contributed by atoms with van der Waals surface area (Å²) in [6, 6.07) is 20.8. The monoisotopic (exact) mass is 450 g/mol. The van der Waals surface area contributed by atoms with Crippen molar-refractivity contribution in [3.05, 3.63) is 89.6 Å². The van der Waals surface area contributed by atoms with Crippen LogP contribution in [0, 0.1) is 0 Å². The third kappa shape index (κ3) is 3.23. The van der Waals surface area contributed by atoms with Gasteiger partial charge in [0.25, 0.3) is 11.7 Å². The molecule has 2 fully saturated rings. The van der Waals surface area contributed by atoms with Gasteiger partial charge in [0.1, 0.15) is 5.76 Å². The van der Waals surface area contributed by atoms with E-state index in [0.717, 1.165) is 59.3 Å². The van der Waals surface area contributed by atoms with Crippen molar-refractivity contribution in [2.24, 2.45) is 0 Å². The lowest BCUT2D eigenvalue weighted by atomic mass is 9.90. The van der Waals surface area contributed by atoms with E-state index in [9.17, 15) is 14.7 Å². The number of aliphatic hydroxyl groups excluding tert-OH is 1. The number of hydrogen-bond acceptors (Lipinski definition) is 3. The van der Waals surface area contributed by atoms with E-state index in [1.54, 1.807) is 4.90 Å². The van der Waals surface area contributed by atoms with Crippen molar-refractivity contribution in [1.82, 2.24) is 9.88 Å². The number of carbonyl (C=O) groups excluding carboxylic acids is 2. The highest BCUT2D eigenvalue weighted by Crippen LogP contribution is 2.45. The number of para-hydroxylation sites is 1. The van der Waals surface area contributed by atoms with Crippen molar-refractivity contribution in [1.29, 1.82) is 0 Å². The van der Waals surface area contributed by atoms with Crippen LogP contribution < -0.4 is 0 Å². The highest BCUT2D eigenvalue weighted by Gasteiger charge is 2.49. The van der Waals surface area contributed by atoms with E-state index in [1.807, 2.05) is 72.9 Å². The third-order valence-corrected chi connectivity index (χ3v) is 7.39. The Labute approximate surface area is 197 Å². The second kappa shape index (κ2) is 8.17. The molecular weight excluding hydrogens is 424 g/mol. The van der Waals surface area contributed by atoms with Gasteiger partial charge in [0.05, 0.1) is 11.6 Å². The first kappa shape index (κ1) is 20.7. The zero-order chi connectivity index (χ0) is 23.2. The number of carbonyl (C=O) groups is 2. The molecule has 6 rings (SSSR count). The molecule has 5 nitrogen and oxygen atoms in total. The molecule has 1 saturated heterocycles. The van der Waals surface area contributed by atoms with Gasteiger partial charge in [-0.1, -0.05) is 73.9 Å². The van der Waals surface area contributed by atoms with Crippen LogP contribution in [0.15, 0.2) is 78.5 Å². The Morgan fingerprint density at radius 3 is 2.44 bits per heavy atom. The Kier molecular flexibility index (Phi) is 4.98. The minimum absolute atomic E-state index is 0.00855. The Balaban J connectivity index is 1.56. The van der Waals surface area contributed by atoms with Crippen LogP contribution >= 0.6 is 0 Å². The summed E-state index contributed by atoms with van der Waals surface area (Å²) in [6.07, 6.45) is 6.86. The third-order valence-electron chi connectivity index (χ3n) is 7.39. The quantitative estimate of drug-likeness (QED) is 0.226. The number of aromatic amines is 1. The zero-order valence-electron chi connectivity index (χ0n) is 18.8. The molecule has 2 aliphatic rings. The molecular formula is C29H26N2O3. The summed E-state index contributed by atoms with van der Waals surface area (Å²) < 4.78 is 0. The fourth-order valence-corrected chi connectivity index (χ4v) is 5.70. The smallest absolute Gasteiger partial charge is 0.295 e. The molecule has 170 valence electrons. The number of rotatable bonds is 3. The summed E-state index contributed by atoms with van der Waals surface area (Å²) in [6.45, 7) is 0. The molecule has 1 aliphatic heterocycles. The summed E-state index contributed by atoms with van der Waals surface area (Å²) in [5.41, 5.74) is 2.51. The molecule has 0 spiro atoms. The minimum atomic E-state index is -0.620. The van der Waals surface area contributed by atoms with Crippen LogP contribution in [0.3, 0.4) is 0 Å². The Morgan fingerprint density at radius 2 is 1.62 bits per heavy atom. The molecule has 0 bridgehead atoms. The lowest BCUT2D eigenvalue weighted by Gasteiger charge is -2.35. The molecule has 1 amide bonds. The van der Waals surface area contributed by atoms with Gasteiger partial charge in [-0.05, 0) is 35.7 Å². The van der Waals surface area contributed by atoms with Crippen LogP contribution in [0.2, 0.25) is 0 Å². The number of likely N-dealkylation sites (tertiary alicyclic amines) is 1. The van der Waals surface area contributed by atoms with Crippen molar-refractivity contribution in [3.8, 4) is 0 Å². The predicted octanol–water partition coefficient (Wildman–Crippen LogP) is 6.08. The number of Topliss-reactive ketones (excluding diaryl/α,β-unsaturated/α-hetero) is 1. The van der Waals surface area contributed by atoms with Gasteiger partial charge in [-0.3, -0.25) is 9.59 Å². The molecule has 3 aromatic carbocycles. The van der Waals surface area contributed by atoms with Gasteiger partial charge in [0.2, 0.25) is 0 Å². The van der Waals surface area contributed by atoms with E-state index >= 15 is 0 Å². The summed E-state index contributed by atoms with van der Waals surface area (Å²) in [4.78, 5) is 31.9. The van der Waals surface area contributed by atoms with Crippen LogP contribution in [0.1, 0.15) is 49.3 Å². The van der Waals surface area contributed by atoms with E-state index < -0.39 is 17.7 Å². The van der Waals surface area contributed by atoms with Crippen molar-refractivity contribution < 1.29 is 14.7 Å².